The fourth-order valence-electron chi connectivity index (χ4n) is 2.26. The molecule has 0 radical (unpaired) electrons. The number of halogens is 5. The van der Waals surface area contributed by atoms with Gasteiger partial charge < -0.3 is 14.2 Å². The van der Waals surface area contributed by atoms with Gasteiger partial charge in [-0.2, -0.15) is 13.2 Å². The maximum Gasteiger partial charge on any atom is 0.416 e. The molecule has 0 fully saturated rings. The first kappa shape index (κ1) is 24.6. The minimum absolute atomic E-state index is 0.0247. The van der Waals surface area contributed by atoms with Crippen LogP contribution in [0.3, 0.4) is 0 Å². The average molecular weight is 477 g/mol. The second-order valence-corrected chi connectivity index (χ2v) is 6.99. The Morgan fingerprint density at radius 3 is 2.26 bits per heavy atom. The van der Waals surface area contributed by atoms with Crippen LogP contribution in [-0.2, 0) is 20.4 Å². The molecule has 166 valence electrons. The molecule has 0 amide bonds. The lowest BCUT2D eigenvalue weighted by Crippen LogP contribution is -2.11. The molecule has 2 rings (SSSR count). The fraction of sp³-hybridized carbons (Fsp3) is 0.238. The van der Waals surface area contributed by atoms with Gasteiger partial charge in [0.1, 0.15) is 17.3 Å². The summed E-state index contributed by atoms with van der Waals surface area (Å²) in [5.41, 5.74) is -0.905. The second kappa shape index (κ2) is 10.1. The molecule has 0 aliphatic rings. The molecule has 0 aromatic heterocycles. The number of benzene rings is 2. The van der Waals surface area contributed by atoms with Gasteiger partial charge in [0.2, 0.25) is 0 Å². The predicted octanol–water partition coefficient (Wildman–Crippen LogP) is 6.82. The number of hydrogen-bond donors (Lipinski definition) is 0. The van der Waals surface area contributed by atoms with Crippen LogP contribution < -0.4 is 4.74 Å². The maximum atomic E-state index is 12.8. The summed E-state index contributed by atoms with van der Waals surface area (Å²) < 4.78 is 53.8. The van der Waals surface area contributed by atoms with E-state index in [0.717, 1.165) is 18.2 Å². The molecule has 0 aliphatic heterocycles. The molecule has 2 aromatic rings. The van der Waals surface area contributed by atoms with Crippen LogP contribution in [0.25, 0.3) is 0 Å². The minimum Gasteiger partial charge on any atom is -0.463 e. The first-order chi connectivity index (χ1) is 14.4. The molecule has 10 heteroatoms. The quantitative estimate of drug-likeness (QED) is 0.260. The molecular formula is C21H17Cl2F3O5. The molecule has 0 bridgehead atoms. The fourth-order valence-corrected chi connectivity index (χ4v) is 2.68. The Morgan fingerprint density at radius 1 is 1.00 bits per heavy atom. The van der Waals surface area contributed by atoms with Crippen LogP contribution in [-0.4, -0.2) is 18.5 Å². The van der Waals surface area contributed by atoms with Gasteiger partial charge in [-0.3, -0.25) is 0 Å². The number of ether oxygens (including phenoxy) is 3. The summed E-state index contributed by atoms with van der Waals surface area (Å²) in [7, 11) is 0. The third kappa shape index (κ3) is 6.38. The third-order valence-corrected chi connectivity index (χ3v) is 4.63. The van der Waals surface area contributed by atoms with Crippen molar-refractivity contribution in [2.75, 3.05) is 6.61 Å². The summed E-state index contributed by atoms with van der Waals surface area (Å²) >= 11 is 11.9. The molecule has 2 aromatic carbocycles. The van der Waals surface area contributed by atoms with Gasteiger partial charge in [0.05, 0.1) is 33.4 Å². The lowest BCUT2D eigenvalue weighted by atomic mass is 10.2. The Balaban J connectivity index is 2.25. The topological polar surface area (TPSA) is 61.8 Å². The molecule has 5 nitrogen and oxygen atoms in total. The van der Waals surface area contributed by atoms with Crippen molar-refractivity contribution in [3.8, 4) is 11.5 Å². The highest BCUT2D eigenvalue weighted by Crippen LogP contribution is 2.37. The number of hydrogen-bond acceptors (Lipinski definition) is 5. The monoisotopic (exact) mass is 476 g/mol. The van der Waals surface area contributed by atoms with Crippen LogP contribution in [0.1, 0.15) is 36.7 Å². The SMILES string of the molecule is CCOC(=O)/C(C)=C(\C)OC(=O)c1cc(Oc2ccc(C(F)(F)F)cc2Cl)ccc1Cl. The van der Waals surface area contributed by atoms with E-state index in [0.29, 0.717) is 0 Å². The van der Waals surface area contributed by atoms with E-state index in [-0.39, 0.29) is 45.0 Å². The van der Waals surface area contributed by atoms with Crippen molar-refractivity contribution in [1.29, 1.82) is 0 Å². The molecule has 31 heavy (non-hydrogen) atoms. The standard InChI is InChI=1S/C21H17Cl2F3O5/c1-4-29-19(27)11(2)12(3)30-20(28)15-10-14(6-7-16(15)22)31-18-8-5-13(9-17(18)23)21(24,25)26/h5-10H,4H2,1-3H3/b12-11+. The van der Waals surface area contributed by atoms with E-state index in [1.807, 2.05) is 0 Å². The van der Waals surface area contributed by atoms with Crippen LogP contribution in [0.4, 0.5) is 13.2 Å². The molecule has 0 saturated carbocycles. The van der Waals surface area contributed by atoms with Crippen molar-refractivity contribution in [3.63, 3.8) is 0 Å². The van der Waals surface area contributed by atoms with Crippen LogP contribution in [0.15, 0.2) is 47.7 Å². The van der Waals surface area contributed by atoms with Crippen LogP contribution in [0.5, 0.6) is 11.5 Å². The zero-order valence-electron chi connectivity index (χ0n) is 16.6. The summed E-state index contributed by atoms with van der Waals surface area (Å²) in [5, 5.41) is -0.227. The van der Waals surface area contributed by atoms with Crippen LogP contribution in [0, 0.1) is 0 Å². The second-order valence-electron chi connectivity index (χ2n) is 6.18. The van der Waals surface area contributed by atoms with Crippen molar-refractivity contribution in [1.82, 2.24) is 0 Å². The maximum absolute atomic E-state index is 12.8. The van der Waals surface area contributed by atoms with Gasteiger partial charge in [0.25, 0.3) is 0 Å². The van der Waals surface area contributed by atoms with Crippen LogP contribution in [0.2, 0.25) is 10.0 Å². The van der Waals surface area contributed by atoms with Gasteiger partial charge in [-0.1, -0.05) is 23.2 Å². The van der Waals surface area contributed by atoms with Gasteiger partial charge in [-0.25, -0.2) is 9.59 Å². The highest BCUT2D eigenvalue weighted by Gasteiger charge is 2.31. The van der Waals surface area contributed by atoms with Gasteiger partial charge in [0, 0.05) is 0 Å². The third-order valence-electron chi connectivity index (χ3n) is 4.00. The van der Waals surface area contributed by atoms with E-state index in [9.17, 15) is 22.8 Å². The predicted molar refractivity (Wildman–Crippen MR) is 108 cm³/mol. The molecule has 0 saturated heterocycles. The number of carbonyl (C=O) groups is 2. The molecule has 0 spiro atoms. The van der Waals surface area contributed by atoms with E-state index in [1.165, 1.54) is 32.0 Å². The van der Waals surface area contributed by atoms with E-state index in [2.05, 4.69) is 0 Å². The summed E-state index contributed by atoms with van der Waals surface area (Å²) in [5.74, 6) is -1.44. The summed E-state index contributed by atoms with van der Waals surface area (Å²) in [6.07, 6.45) is -4.55. The molecule has 0 heterocycles. The summed E-state index contributed by atoms with van der Waals surface area (Å²) in [6, 6.07) is 6.61. The molecule has 0 N–H and O–H groups in total. The first-order valence-electron chi connectivity index (χ1n) is 8.85. The van der Waals surface area contributed by atoms with E-state index < -0.39 is 23.7 Å². The molecule has 0 unspecified atom stereocenters. The number of esters is 2. The summed E-state index contributed by atoms with van der Waals surface area (Å²) in [6.45, 7) is 4.66. The minimum atomic E-state index is -4.55. The lowest BCUT2D eigenvalue weighted by Gasteiger charge is -2.13. The Kier molecular flexibility index (Phi) is 7.97. The smallest absolute Gasteiger partial charge is 0.416 e. The number of allylic oxidation sites excluding steroid dienone is 1. The molecule has 0 aliphatic carbocycles. The Bertz CT molecular complexity index is 1030. The van der Waals surface area contributed by atoms with Crippen LogP contribution >= 0.6 is 23.2 Å². The van der Waals surface area contributed by atoms with Gasteiger partial charge in [-0.05, 0) is 57.2 Å². The highest BCUT2D eigenvalue weighted by atomic mass is 35.5. The zero-order chi connectivity index (χ0) is 23.3. The Morgan fingerprint density at radius 2 is 1.68 bits per heavy atom. The average Bonchev–Trinajstić information content (AvgIpc) is 2.69. The van der Waals surface area contributed by atoms with Crippen molar-refractivity contribution < 1.29 is 37.0 Å². The van der Waals surface area contributed by atoms with Gasteiger partial charge in [-0.15, -0.1) is 0 Å². The zero-order valence-corrected chi connectivity index (χ0v) is 18.1. The van der Waals surface area contributed by atoms with E-state index in [1.54, 1.807) is 6.92 Å². The van der Waals surface area contributed by atoms with E-state index >= 15 is 0 Å². The van der Waals surface area contributed by atoms with Gasteiger partial charge in [0.15, 0.2) is 0 Å². The van der Waals surface area contributed by atoms with Crippen molar-refractivity contribution in [2.45, 2.75) is 26.9 Å². The molecular weight excluding hydrogens is 460 g/mol. The normalized spacial score (nSPS) is 12.1. The Hall–Kier alpha value is -2.71. The number of rotatable bonds is 6. The molecule has 0 atom stereocenters. The largest absolute Gasteiger partial charge is 0.463 e. The van der Waals surface area contributed by atoms with Gasteiger partial charge >= 0.3 is 18.1 Å². The van der Waals surface area contributed by atoms with E-state index in [4.69, 9.17) is 37.4 Å². The van der Waals surface area contributed by atoms with Crippen molar-refractivity contribution in [3.05, 3.63) is 68.9 Å². The first-order valence-corrected chi connectivity index (χ1v) is 9.60. The Labute approximate surface area is 186 Å². The van der Waals surface area contributed by atoms with Crippen molar-refractivity contribution in [2.24, 2.45) is 0 Å². The number of alkyl halides is 3. The number of carbonyl (C=O) groups excluding carboxylic acids is 2. The van der Waals surface area contributed by atoms with Crippen molar-refractivity contribution >= 4 is 35.1 Å². The highest BCUT2D eigenvalue weighted by molar-refractivity contribution is 6.33. The lowest BCUT2D eigenvalue weighted by molar-refractivity contribution is -0.139. The summed E-state index contributed by atoms with van der Waals surface area (Å²) in [4.78, 5) is 24.2.